The summed E-state index contributed by atoms with van der Waals surface area (Å²) in [6, 6.07) is 32.3. The molecule has 1 aliphatic carbocycles. The van der Waals surface area contributed by atoms with Crippen molar-refractivity contribution in [2.75, 3.05) is 0 Å². The maximum absolute atomic E-state index is 4.56. The molecule has 0 heteroatoms. The normalized spacial score (nSPS) is 14.3. The maximum atomic E-state index is 4.56. The molecule has 0 aromatic heterocycles. The van der Waals surface area contributed by atoms with Crippen molar-refractivity contribution in [1.82, 2.24) is 0 Å². The van der Waals surface area contributed by atoms with Gasteiger partial charge in [-0.2, -0.15) is 0 Å². The van der Waals surface area contributed by atoms with Crippen LogP contribution in [0.5, 0.6) is 0 Å². The van der Waals surface area contributed by atoms with Gasteiger partial charge in [0.15, 0.2) is 0 Å². The molecule has 4 aromatic rings. The van der Waals surface area contributed by atoms with Crippen molar-refractivity contribution < 1.29 is 0 Å². The maximum Gasteiger partial charge on any atom is -0.00201 e. The Morgan fingerprint density at radius 2 is 1.44 bits per heavy atom. The van der Waals surface area contributed by atoms with Crippen LogP contribution in [0.15, 0.2) is 122 Å². The van der Waals surface area contributed by atoms with Gasteiger partial charge in [-0.3, -0.25) is 0 Å². The van der Waals surface area contributed by atoms with E-state index in [1.807, 2.05) is 0 Å². The third-order valence-electron chi connectivity index (χ3n) is 6.21. The van der Waals surface area contributed by atoms with Gasteiger partial charge in [0.2, 0.25) is 0 Å². The Labute approximate surface area is 190 Å². The minimum Gasteiger partial charge on any atom is -0.0911 e. The molecule has 0 unspecified atom stereocenters. The Kier molecular flexibility index (Phi) is 5.21. The van der Waals surface area contributed by atoms with Crippen molar-refractivity contribution in [1.29, 1.82) is 0 Å². The number of rotatable bonds is 5. The first-order valence-electron chi connectivity index (χ1n) is 11.2. The zero-order chi connectivity index (χ0) is 22.1. The molecule has 4 aromatic carbocycles. The average molecular weight is 411 g/mol. The molecular weight excluding hydrogens is 384 g/mol. The van der Waals surface area contributed by atoms with Gasteiger partial charge in [-0.1, -0.05) is 123 Å². The lowest BCUT2D eigenvalue weighted by Crippen LogP contribution is -1.93. The molecule has 0 radical (unpaired) electrons. The van der Waals surface area contributed by atoms with E-state index < -0.39 is 0 Å². The van der Waals surface area contributed by atoms with Gasteiger partial charge in [-0.25, -0.2) is 0 Å². The topological polar surface area (TPSA) is 0 Å². The minimum absolute atomic E-state index is 0.980. The van der Waals surface area contributed by atoms with E-state index in [1.165, 1.54) is 44.2 Å². The van der Waals surface area contributed by atoms with E-state index in [0.717, 1.165) is 23.1 Å². The Balaban J connectivity index is 1.83. The van der Waals surface area contributed by atoms with E-state index in [-0.39, 0.29) is 0 Å². The van der Waals surface area contributed by atoms with Crippen LogP contribution in [0.4, 0.5) is 0 Å². The van der Waals surface area contributed by atoms with E-state index >= 15 is 0 Å². The van der Waals surface area contributed by atoms with Crippen LogP contribution in [0, 0.1) is 0 Å². The number of hydrogen-bond acceptors (Lipinski definition) is 0. The summed E-state index contributed by atoms with van der Waals surface area (Å²) in [7, 11) is 0. The van der Waals surface area contributed by atoms with Gasteiger partial charge in [0.1, 0.15) is 0 Å². The third kappa shape index (κ3) is 3.25. The van der Waals surface area contributed by atoms with Crippen LogP contribution in [0.2, 0.25) is 0 Å². The quantitative estimate of drug-likeness (QED) is 0.288. The molecule has 0 atom stereocenters. The molecular formula is C32H26. The first-order valence-corrected chi connectivity index (χ1v) is 11.2. The van der Waals surface area contributed by atoms with Gasteiger partial charge in [-0.05, 0) is 67.3 Å². The van der Waals surface area contributed by atoms with Crippen molar-refractivity contribution in [2.24, 2.45) is 0 Å². The first kappa shape index (κ1) is 20.0. The van der Waals surface area contributed by atoms with Gasteiger partial charge >= 0.3 is 0 Å². The second kappa shape index (κ2) is 8.32. The molecule has 0 nitrogen and oxygen atoms in total. The lowest BCUT2D eigenvalue weighted by atomic mass is 9.88. The second-order valence-corrected chi connectivity index (χ2v) is 8.19. The van der Waals surface area contributed by atoms with Gasteiger partial charge in [0, 0.05) is 0 Å². The van der Waals surface area contributed by atoms with Crippen molar-refractivity contribution in [3.8, 4) is 11.1 Å². The van der Waals surface area contributed by atoms with Crippen LogP contribution in [-0.2, 0) is 0 Å². The molecule has 0 N–H and O–H groups in total. The van der Waals surface area contributed by atoms with Crippen molar-refractivity contribution >= 4 is 27.5 Å². The fourth-order valence-electron chi connectivity index (χ4n) is 4.76. The number of hydrogen-bond donors (Lipinski definition) is 0. The van der Waals surface area contributed by atoms with E-state index in [1.54, 1.807) is 0 Å². The van der Waals surface area contributed by atoms with Crippen LogP contribution in [0.1, 0.15) is 30.0 Å². The van der Waals surface area contributed by atoms with E-state index in [9.17, 15) is 0 Å². The van der Waals surface area contributed by atoms with Gasteiger partial charge in [0.25, 0.3) is 0 Å². The smallest absolute Gasteiger partial charge is 0.00201 e. The van der Waals surface area contributed by atoms with Crippen molar-refractivity contribution in [2.45, 2.75) is 13.3 Å². The zero-order valence-corrected chi connectivity index (χ0v) is 18.4. The van der Waals surface area contributed by atoms with Gasteiger partial charge in [0.05, 0.1) is 0 Å². The Morgan fingerprint density at radius 3 is 2.16 bits per heavy atom. The van der Waals surface area contributed by atoms with Crippen LogP contribution in [-0.4, -0.2) is 0 Å². The highest BCUT2D eigenvalue weighted by Gasteiger charge is 2.27. The van der Waals surface area contributed by atoms with Crippen molar-refractivity contribution in [3.63, 3.8) is 0 Å². The molecule has 0 spiro atoms. The van der Waals surface area contributed by atoms with Crippen LogP contribution in [0.3, 0.4) is 0 Å². The summed E-state index contributed by atoms with van der Waals surface area (Å²) < 4.78 is 0. The minimum atomic E-state index is 0.980. The largest absolute Gasteiger partial charge is 0.0911 e. The SMILES string of the molecule is C=C(/C=C\CC)/C(=C1\C(=C)c2cccc3c(-c4ccccc4)ccc1c23)c1ccccc1. The first-order chi connectivity index (χ1) is 15.7. The highest BCUT2D eigenvalue weighted by Crippen LogP contribution is 2.51. The van der Waals surface area contributed by atoms with Crippen LogP contribution >= 0.6 is 0 Å². The van der Waals surface area contributed by atoms with Crippen molar-refractivity contribution in [3.05, 3.63) is 139 Å². The molecule has 5 rings (SSSR count). The highest BCUT2D eigenvalue weighted by atomic mass is 14.3. The third-order valence-corrected chi connectivity index (χ3v) is 6.21. The molecule has 0 saturated heterocycles. The van der Waals surface area contributed by atoms with E-state index in [0.29, 0.717) is 0 Å². The molecule has 0 saturated carbocycles. The fourth-order valence-corrected chi connectivity index (χ4v) is 4.76. The number of benzene rings is 4. The van der Waals surface area contributed by atoms with Gasteiger partial charge < -0.3 is 0 Å². The zero-order valence-electron chi connectivity index (χ0n) is 18.4. The molecule has 0 amide bonds. The summed E-state index contributed by atoms with van der Waals surface area (Å²) in [5, 5.41) is 2.55. The summed E-state index contributed by atoms with van der Waals surface area (Å²) in [5.41, 5.74) is 10.5. The standard InChI is InChI=1S/C32H26/c1-4-5-13-22(2)30(25-16-10-7-11-17-25)31-23(3)26-18-12-19-28-27(20-21-29(31)32(26)28)24-14-8-6-9-15-24/h5-21H,2-4H2,1H3/b13-5-,31-30-. The molecule has 0 bridgehead atoms. The molecule has 32 heavy (non-hydrogen) atoms. The van der Waals surface area contributed by atoms with Crippen LogP contribution in [0.25, 0.3) is 38.6 Å². The summed E-state index contributed by atoms with van der Waals surface area (Å²) >= 11 is 0. The summed E-state index contributed by atoms with van der Waals surface area (Å²) in [6.07, 6.45) is 5.29. The molecule has 0 heterocycles. The molecule has 1 aliphatic rings. The summed E-state index contributed by atoms with van der Waals surface area (Å²) in [6.45, 7) is 11.2. The van der Waals surface area contributed by atoms with Gasteiger partial charge in [-0.15, -0.1) is 0 Å². The van der Waals surface area contributed by atoms with E-state index in [4.69, 9.17) is 0 Å². The monoisotopic (exact) mass is 410 g/mol. The summed E-state index contributed by atoms with van der Waals surface area (Å²) in [4.78, 5) is 0. The number of allylic oxidation sites excluding steroid dienone is 6. The second-order valence-electron chi connectivity index (χ2n) is 8.19. The summed E-state index contributed by atoms with van der Waals surface area (Å²) in [5.74, 6) is 0. The molecule has 154 valence electrons. The van der Waals surface area contributed by atoms with Crippen LogP contribution < -0.4 is 0 Å². The fraction of sp³-hybridized carbons (Fsp3) is 0.0625. The predicted octanol–water partition coefficient (Wildman–Crippen LogP) is 8.97. The Bertz CT molecular complexity index is 1400. The van der Waals surface area contributed by atoms with E-state index in [2.05, 4.69) is 123 Å². The lowest BCUT2D eigenvalue weighted by molar-refractivity contribution is 1.22. The Morgan fingerprint density at radius 1 is 0.750 bits per heavy atom. The highest BCUT2D eigenvalue weighted by molar-refractivity contribution is 6.29. The Hall–Kier alpha value is -3.90. The molecule has 0 aliphatic heterocycles. The lowest BCUT2D eigenvalue weighted by Gasteiger charge is -2.15. The predicted molar refractivity (Wildman–Crippen MR) is 140 cm³/mol. The molecule has 0 fully saturated rings. The average Bonchev–Trinajstić information content (AvgIpc) is 3.12.